The van der Waals surface area contributed by atoms with Crippen LogP contribution in [0.5, 0.6) is 0 Å². The van der Waals surface area contributed by atoms with Gasteiger partial charge >= 0.3 is 0 Å². The van der Waals surface area contributed by atoms with Crippen LogP contribution < -0.4 is 0 Å². The third-order valence-corrected chi connectivity index (χ3v) is 8.80. The van der Waals surface area contributed by atoms with Gasteiger partial charge in [-0.3, -0.25) is 4.99 Å². The molecular weight excluding hydrogens is 569 g/mol. The summed E-state index contributed by atoms with van der Waals surface area (Å²) in [4.78, 5) is 10.4. The van der Waals surface area contributed by atoms with E-state index in [4.69, 9.17) is 9.98 Å². The van der Waals surface area contributed by atoms with E-state index in [1.807, 2.05) is 18.2 Å². The predicted molar refractivity (Wildman–Crippen MR) is 202 cm³/mol. The molecule has 5 aromatic carbocycles. The van der Waals surface area contributed by atoms with Crippen molar-refractivity contribution in [2.45, 2.75) is 45.6 Å². The van der Waals surface area contributed by atoms with E-state index in [9.17, 15) is 0 Å². The number of aryl methyl sites for hydroxylation is 1. The molecule has 0 radical (unpaired) electrons. The van der Waals surface area contributed by atoms with Crippen molar-refractivity contribution in [3.63, 3.8) is 0 Å². The number of aliphatic imine (C=N–C) groups is 2. The minimum atomic E-state index is 0.418. The van der Waals surface area contributed by atoms with Crippen LogP contribution in [0.25, 0.3) is 22.8 Å². The predicted octanol–water partition coefficient (Wildman–Crippen LogP) is 11.7. The molecule has 1 aliphatic rings. The van der Waals surface area contributed by atoms with E-state index in [0.717, 1.165) is 47.5 Å². The first kappa shape index (κ1) is 31.6. The Kier molecular flexibility index (Phi) is 10.3. The highest BCUT2D eigenvalue weighted by Gasteiger charge is 2.18. The molecule has 2 nitrogen and oxygen atoms in total. The Morgan fingerprint density at radius 1 is 0.830 bits per heavy atom. The Bertz CT molecular complexity index is 1940. The number of benzene rings is 5. The summed E-state index contributed by atoms with van der Waals surface area (Å²) in [5.41, 5.74) is 12.9. The monoisotopic (exact) mass is 610 g/mol. The van der Waals surface area contributed by atoms with Crippen molar-refractivity contribution >= 4 is 23.2 Å². The molecule has 0 saturated carbocycles. The number of amidine groups is 1. The first-order chi connectivity index (χ1) is 23.1. The molecule has 0 aliphatic heterocycles. The van der Waals surface area contributed by atoms with Crippen molar-refractivity contribution in [1.82, 2.24) is 0 Å². The van der Waals surface area contributed by atoms with E-state index in [-0.39, 0.29) is 0 Å². The smallest absolute Gasteiger partial charge is 0.155 e. The van der Waals surface area contributed by atoms with Crippen molar-refractivity contribution in [2.24, 2.45) is 9.98 Å². The topological polar surface area (TPSA) is 24.7 Å². The van der Waals surface area contributed by atoms with Crippen LogP contribution in [0.3, 0.4) is 0 Å². The highest BCUT2D eigenvalue weighted by molar-refractivity contribution is 6.15. The molecule has 6 rings (SSSR count). The Hall–Kier alpha value is -5.34. The van der Waals surface area contributed by atoms with Gasteiger partial charge in [0.15, 0.2) is 5.84 Å². The number of rotatable bonds is 10. The second-order valence-electron chi connectivity index (χ2n) is 12.1. The Morgan fingerprint density at radius 3 is 2.23 bits per heavy atom. The number of hydrogen-bond donors (Lipinski definition) is 0. The fourth-order valence-corrected chi connectivity index (χ4v) is 6.33. The number of hydrogen-bond acceptors (Lipinski definition) is 1. The van der Waals surface area contributed by atoms with E-state index < -0.39 is 0 Å². The molecule has 0 bridgehead atoms. The summed E-state index contributed by atoms with van der Waals surface area (Å²) in [6.45, 7) is 9.24. The fraction of sp³-hybridized carbons (Fsp3) is 0.156. The second-order valence-corrected chi connectivity index (χ2v) is 12.1. The van der Waals surface area contributed by atoms with Gasteiger partial charge in [-0.25, -0.2) is 4.99 Å². The van der Waals surface area contributed by atoms with Crippen molar-refractivity contribution in [1.29, 1.82) is 0 Å². The van der Waals surface area contributed by atoms with Crippen LogP contribution >= 0.6 is 0 Å². The van der Waals surface area contributed by atoms with E-state index >= 15 is 0 Å². The molecule has 232 valence electrons. The van der Waals surface area contributed by atoms with Crippen LogP contribution in [0.1, 0.15) is 71.0 Å². The molecular formula is C45H42N2. The zero-order chi connectivity index (χ0) is 32.4. The lowest BCUT2D eigenvalue weighted by Crippen LogP contribution is -2.10. The number of nitrogens with zero attached hydrogens (tertiary/aromatic N) is 2. The third-order valence-electron chi connectivity index (χ3n) is 8.80. The van der Waals surface area contributed by atoms with Gasteiger partial charge in [0, 0.05) is 17.0 Å². The van der Waals surface area contributed by atoms with Crippen LogP contribution in [-0.4, -0.2) is 11.5 Å². The summed E-state index contributed by atoms with van der Waals surface area (Å²) in [6.07, 6.45) is 11.8. The molecule has 1 unspecified atom stereocenters. The van der Waals surface area contributed by atoms with Crippen LogP contribution in [0.4, 0.5) is 0 Å². The molecule has 1 aliphatic carbocycles. The molecule has 47 heavy (non-hydrogen) atoms. The van der Waals surface area contributed by atoms with Gasteiger partial charge in [0.25, 0.3) is 0 Å². The van der Waals surface area contributed by atoms with Gasteiger partial charge in [0.05, 0.1) is 12.3 Å². The summed E-state index contributed by atoms with van der Waals surface area (Å²) in [6, 6.07) is 44.8. The summed E-state index contributed by atoms with van der Waals surface area (Å²) >= 11 is 0. The van der Waals surface area contributed by atoms with Crippen molar-refractivity contribution < 1.29 is 0 Å². The van der Waals surface area contributed by atoms with Crippen LogP contribution in [-0.2, 0) is 6.54 Å². The lowest BCUT2D eigenvalue weighted by atomic mass is 9.85. The number of allylic oxidation sites excluding steroid dienone is 4. The van der Waals surface area contributed by atoms with Crippen LogP contribution in [0, 0.1) is 6.92 Å². The zero-order valence-electron chi connectivity index (χ0n) is 27.4. The largest absolute Gasteiger partial charge is 0.261 e. The van der Waals surface area contributed by atoms with Gasteiger partial charge in [0.2, 0.25) is 0 Å². The van der Waals surface area contributed by atoms with Crippen LogP contribution in [0.15, 0.2) is 162 Å². The molecule has 0 heterocycles. The summed E-state index contributed by atoms with van der Waals surface area (Å²) in [7, 11) is 0. The van der Waals surface area contributed by atoms with Gasteiger partial charge in [0.1, 0.15) is 0 Å². The molecule has 0 fully saturated rings. The quantitative estimate of drug-likeness (QED) is 0.111. The highest BCUT2D eigenvalue weighted by Crippen LogP contribution is 2.36. The van der Waals surface area contributed by atoms with E-state index in [1.54, 1.807) is 0 Å². The molecule has 5 aromatic rings. The van der Waals surface area contributed by atoms with Crippen molar-refractivity contribution in [2.75, 3.05) is 0 Å². The maximum atomic E-state index is 5.35. The van der Waals surface area contributed by atoms with Crippen molar-refractivity contribution in [3.8, 4) is 11.1 Å². The summed E-state index contributed by atoms with van der Waals surface area (Å²) < 4.78 is 0. The van der Waals surface area contributed by atoms with E-state index in [2.05, 4.69) is 154 Å². The Labute approximate surface area is 280 Å². The van der Waals surface area contributed by atoms with Gasteiger partial charge in [-0.15, -0.1) is 0 Å². The summed E-state index contributed by atoms with van der Waals surface area (Å²) in [5.74, 6) is 1.18. The first-order valence-electron chi connectivity index (χ1n) is 16.7. The van der Waals surface area contributed by atoms with Crippen molar-refractivity contribution in [3.05, 3.63) is 191 Å². The SMILES string of the molecule is C=Cc1cc(C2=CCC(c3ccccc3)C=C2)ccc1-c1c(C)cccc1C(CCC)=NC(=NCc1ccccc1)c1ccccc1. The molecule has 2 heteroatoms. The highest BCUT2D eigenvalue weighted by atomic mass is 14.9. The second kappa shape index (κ2) is 15.3. The lowest BCUT2D eigenvalue weighted by molar-refractivity contribution is 0.856. The standard InChI is InChI=1S/C45H42N2/c1-4-16-43(47-45(39-22-13-8-14-23-39)46-32-34-18-9-6-10-19-34)42-24-15-17-33(3)44(42)41-30-29-40(31-35(41)5-2)38-27-25-37(26-28-38)36-20-11-7-12-21-36/h5-15,17-25,27-31,37H,2,4,16,26,32H2,1,3H3. The molecule has 0 spiro atoms. The van der Waals surface area contributed by atoms with Gasteiger partial charge < -0.3 is 0 Å². The van der Waals surface area contributed by atoms with Gasteiger partial charge in [-0.2, -0.15) is 0 Å². The first-order valence-corrected chi connectivity index (χ1v) is 16.7. The normalized spacial score (nSPS) is 14.9. The molecule has 1 atom stereocenters. The Morgan fingerprint density at radius 2 is 1.55 bits per heavy atom. The minimum Gasteiger partial charge on any atom is -0.261 e. The molecule has 0 aromatic heterocycles. The molecule has 0 N–H and O–H groups in total. The van der Waals surface area contributed by atoms with E-state index in [1.165, 1.54) is 39.0 Å². The molecule has 0 saturated heterocycles. The Balaban J connectivity index is 1.38. The fourth-order valence-electron chi connectivity index (χ4n) is 6.33. The zero-order valence-corrected chi connectivity index (χ0v) is 27.4. The third kappa shape index (κ3) is 7.56. The van der Waals surface area contributed by atoms with Crippen LogP contribution in [0.2, 0.25) is 0 Å². The lowest BCUT2D eigenvalue weighted by Gasteiger charge is -2.20. The maximum absolute atomic E-state index is 5.35. The average molecular weight is 611 g/mol. The van der Waals surface area contributed by atoms with Gasteiger partial charge in [-0.1, -0.05) is 166 Å². The van der Waals surface area contributed by atoms with E-state index in [0.29, 0.717) is 12.5 Å². The minimum absolute atomic E-state index is 0.418. The maximum Gasteiger partial charge on any atom is 0.155 e. The average Bonchev–Trinajstić information content (AvgIpc) is 3.14. The molecule has 0 amide bonds. The van der Waals surface area contributed by atoms with Gasteiger partial charge in [-0.05, 0) is 70.3 Å². The summed E-state index contributed by atoms with van der Waals surface area (Å²) in [5, 5.41) is 0.